The summed E-state index contributed by atoms with van der Waals surface area (Å²) in [4.78, 5) is 14.1. The quantitative estimate of drug-likeness (QED) is 0.822. The van der Waals surface area contributed by atoms with E-state index in [2.05, 4.69) is 19.2 Å². The SMILES string of the molecule is CC(N(C)C(=O)[C@@H]1CCNC1)C1(C)CC1.Cl. The molecule has 1 heterocycles. The summed E-state index contributed by atoms with van der Waals surface area (Å²) in [5, 5.41) is 3.25. The average Bonchev–Trinajstić information content (AvgIpc) is 2.80. The minimum absolute atomic E-state index is 0. The van der Waals surface area contributed by atoms with Gasteiger partial charge < -0.3 is 10.2 Å². The van der Waals surface area contributed by atoms with E-state index >= 15 is 0 Å². The van der Waals surface area contributed by atoms with Gasteiger partial charge in [0.1, 0.15) is 0 Å². The standard InChI is InChI=1S/C12H22N2O.ClH/c1-9(12(2)5-6-12)14(3)11(15)10-4-7-13-8-10;/h9-10,13H,4-8H2,1-3H3;1H/t9?,10-;/m1./s1. The zero-order chi connectivity index (χ0) is 11.1. The molecule has 0 aromatic carbocycles. The van der Waals surface area contributed by atoms with Gasteiger partial charge in [-0.15, -0.1) is 12.4 Å². The van der Waals surface area contributed by atoms with Crippen LogP contribution in [0.1, 0.15) is 33.1 Å². The van der Waals surface area contributed by atoms with Gasteiger partial charge in [-0.1, -0.05) is 6.92 Å². The first kappa shape index (κ1) is 13.8. The molecule has 1 N–H and O–H groups in total. The molecule has 3 nitrogen and oxygen atoms in total. The van der Waals surface area contributed by atoms with Gasteiger partial charge in [-0.3, -0.25) is 4.79 Å². The maximum Gasteiger partial charge on any atom is 0.227 e. The molecule has 0 aromatic rings. The number of rotatable bonds is 3. The molecular weight excluding hydrogens is 224 g/mol. The van der Waals surface area contributed by atoms with Crippen LogP contribution in [0.2, 0.25) is 0 Å². The Balaban J connectivity index is 0.00000128. The monoisotopic (exact) mass is 246 g/mol. The molecule has 94 valence electrons. The normalized spacial score (nSPS) is 28.1. The second kappa shape index (κ2) is 4.92. The Kier molecular flexibility index (Phi) is 4.24. The fourth-order valence-electron chi connectivity index (χ4n) is 2.43. The summed E-state index contributed by atoms with van der Waals surface area (Å²) in [7, 11) is 1.97. The van der Waals surface area contributed by atoms with E-state index in [0.29, 0.717) is 17.4 Å². The molecule has 0 aromatic heterocycles. The van der Waals surface area contributed by atoms with E-state index in [1.807, 2.05) is 11.9 Å². The van der Waals surface area contributed by atoms with E-state index in [4.69, 9.17) is 0 Å². The van der Waals surface area contributed by atoms with Crippen molar-refractivity contribution in [3.05, 3.63) is 0 Å². The first-order valence-corrected chi connectivity index (χ1v) is 6.02. The Morgan fingerprint density at radius 2 is 2.12 bits per heavy atom. The maximum atomic E-state index is 12.1. The molecule has 2 atom stereocenters. The summed E-state index contributed by atoms with van der Waals surface area (Å²) in [6.45, 7) is 6.34. The highest BCUT2D eigenvalue weighted by Crippen LogP contribution is 2.49. The lowest BCUT2D eigenvalue weighted by molar-refractivity contribution is -0.136. The Hall–Kier alpha value is -0.280. The van der Waals surface area contributed by atoms with Gasteiger partial charge in [-0.25, -0.2) is 0 Å². The molecular formula is C12H23ClN2O. The molecule has 1 unspecified atom stereocenters. The van der Waals surface area contributed by atoms with Gasteiger partial charge in [0.05, 0.1) is 5.92 Å². The van der Waals surface area contributed by atoms with Crippen LogP contribution in [-0.4, -0.2) is 37.0 Å². The molecule has 4 heteroatoms. The van der Waals surface area contributed by atoms with E-state index in [-0.39, 0.29) is 18.3 Å². The highest BCUT2D eigenvalue weighted by molar-refractivity contribution is 5.85. The Morgan fingerprint density at radius 3 is 2.56 bits per heavy atom. The lowest BCUT2D eigenvalue weighted by Crippen LogP contribution is -2.43. The van der Waals surface area contributed by atoms with Crippen molar-refractivity contribution in [2.24, 2.45) is 11.3 Å². The number of halogens is 1. The smallest absolute Gasteiger partial charge is 0.227 e. The summed E-state index contributed by atoms with van der Waals surface area (Å²) in [6, 6.07) is 0.394. The number of hydrogen-bond acceptors (Lipinski definition) is 2. The fourth-order valence-corrected chi connectivity index (χ4v) is 2.43. The van der Waals surface area contributed by atoms with Crippen molar-refractivity contribution in [2.75, 3.05) is 20.1 Å². The van der Waals surface area contributed by atoms with Crippen LogP contribution in [-0.2, 0) is 4.79 Å². The first-order valence-electron chi connectivity index (χ1n) is 6.02. The van der Waals surface area contributed by atoms with Crippen molar-refractivity contribution in [1.29, 1.82) is 0 Å². The summed E-state index contributed by atoms with van der Waals surface area (Å²) < 4.78 is 0. The van der Waals surface area contributed by atoms with Crippen LogP contribution < -0.4 is 5.32 Å². The van der Waals surface area contributed by atoms with Crippen LogP contribution in [0.4, 0.5) is 0 Å². The van der Waals surface area contributed by atoms with Gasteiger partial charge in [0.15, 0.2) is 0 Å². The lowest BCUT2D eigenvalue weighted by Gasteiger charge is -2.31. The van der Waals surface area contributed by atoms with Crippen LogP contribution in [0.15, 0.2) is 0 Å². The van der Waals surface area contributed by atoms with E-state index < -0.39 is 0 Å². The topological polar surface area (TPSA) is 32.3 Å². The van der Waals surface area contributed by atoms with E-state index in [9.17, 15) is 4.79 Å². The molecule has 1 aliphatic carbocycles. The molecule has 0 radical (unpaired) electrons. The number of nitrogens with one attached hydrogen (secondary N) is 1. The van der Waals surface area contributed by atoms with Crippen LogP contribution >= 0.6 is 12.4 Å². The Bertz CT molecular complexity index is 260. The maximum absolute atomic E-state index is 12.1. The number of hydrogen-bond donors (Lipinski definition) is 1. The largest absolute Gasteiger partial charge is 0.342 e. The van der Waals surface area contributed by atoms with E-state index in [1.165, 1.54) is 12.8 Å². The highest BCUT2D eigenvalue weighted by atomic mass is 35.5. The van der Waals surface area contributed by atoms with Crippen molar-refractivity contribution in [3.63, 3.8) is 0 Å². The van der Waals surface area contributed by atoms with Crippen molar-refractivity contribution in [3.8, 4) is 0 Å². The number of amides is 1. The third kappa shape index (κ3) is 2.51. The molecule has 2 aliphatic rings. The number of carbonyl (C=O) groups is 1. The number of carbonyl (C=O) groups excluding carboxylic acids is 1. The minimum Gasteiger partial charge on any atom is -0.342 e. The van der Waals surface area contributed by atoms with Gasteiger partial charge in [0.25, 0.3) is 0 Å². The predicted octanol–water partition coefficient (Wildman–Crippen LogP) is 1.66. The van der Waals surface area contributed by atoms with Crippen molar-refractivity contribution in [1.82, 2.24) is 10.2 Å². The predicted molar refractivity (Wildman–Crippen MR) is 67.8 cm³/mol. The lowest BCUT2D eigenvalue weighted by atomic mass is 9.97. The zero-order valence-corrected chi connectivity index (χ0v) is 11.3. The van der Waals surface area contributed by atoms with Crippen LogP contribution in [0.3, 0.4) is 0 Å². The highest BCUT2D eigenvalue weighted by Gasteiger charge is 2.45. The van der Waals surface area contributed by atoms with E-state index in [0.717, 1.165) is 19.5 Å². The van der Waals surface area contributed by atoms with Crippen molar-refractivity contribution in [2.45, 2.75) is 39.2 Å². The second-order valence-corrected chi connectivity index (χ2v) is 5.47. The molecule has 0 bridgehead atoms. The zero-order valence-electron chi connectivity index (χ0n) is 10.5. The summed E-state index contributed by atoms with van der Waals surface area (Å²) in [6.07, 6.45) is 3.55. The molecule has 1 saturated carbocycles. The van der Waals surface area contributed by atoms with Gasteiger partial charge in [-0.05, 0) is 38.1 Å². The molecule has 1 aliphatic heterocycles. The van der Waals surface area contributed by atoms with Crippen LogP contribution in [0.25, 0.3) is 0 Å². The average molecular weight is 247 g/mol. The Labute approximate surface area is 104 Å². The van der Waals surface area contributed by atoms with Gasteiger partial charge in [0, 0.05) is 19.6 Å². The first-order chi connectivity index (χ1) is 7.04. The number of nitrogens with zero attached hydrogens (tertiary/aromatic N) is 1. The minimum atomic E-state index is 0. The van der Waals surface area contributed by atoms with Crippen molar-refractivity contribution >= 4 is 18.3 Å². The molecule has 1 saturated heterocycles. The summed E-state index contributed by atoms with van der Waals surface area (Å²) in [5.74, 6) is 0.556. The Morgan fingerprint density at radius 1 is 1.50 bits per heavy atom. The molecule has 2 fully saturated rings. The third-order valence-corrected chi connectivity index (χ3v) is 4.39. The third-order valence-electron chi connectivity index (χ3n) is 4.39. The van der Waals surface area contributed by atoms with Gasteiger partial charge in [-0.2, -0.15) is 0 Å². The second-order valence-electron chi connectivity index (χ2n) is 5.47. The van der Waals surface area contributed by atoms with Gasteiger partial charge in [0.2, 0.25) is 5.91 Å². The molecule has 2 rings (SSSR count). The van der Waals surface area contributed by atoms with Crippen molar-refractivity contribution < 1.29 is 4.79 Å². The van der Waals surface area contributed by atoms with Crippen LogP contribution in [0.5, 0.6) is 0 Å². The molecule has 1 amide bonds. The van der Waals surface area contributed by atoms with E-state index in [1.54, 1.807) is 0 Å². The molecule has 16 heavy (non-hydrogen) atoms. The van der Waals surface area contributed by atoms with Crippen LogP contribution in [0, 0.1) is 11.3 Å². The summed E-state index contributed by atoms with van der Waals surface area (Å²) in [5.41, 5.74) is 0.399. The molecule has 0 spiro atoms. The fraction of sp³-hybridized carbons (Fsp3) is 0.917. The van der Waals surface area contributed by atoms with Gasteiger partial charge >= 0.3 is 0 Å². The summed E-state index contributed by atoms with van der Waals surface area (Å²) >= 11 is 0.